The van der Waals surface area contributed by atoms with Crippen LogP contribution in [0.25, 0.3) is 0 Å². The summed E-state index contributed by atoms with van der Waals surface area (Å²) in [4.78, 5) is 25.5. The van der Waals surface area contributed by atoms with Crippen LogP contribution in [-0.2, 0) is 28.5 Å². The first-order valence-corrected chi connectivity index (χ1v) is 29.9. The van der Waals surface area contributed by atoms with Crippen LogP contribution in [0.15, 0.2) is 0 Å². The van der Waals surface area contributed by atoms with Gasteiger partial charge in [0, 0.05) is 6.92 Å². The Morgan fingerprint density at radius 2 is 0.878 bits per heavy atom. The van der Waals surface area contributed by atoms with Gasteiger partial charge in [-0.3, -0.25) is 9.59 Å². The molecule has 0 radical (unpaired) electrons. The van der Waals surface area contributed by atoms with Crippen molar-refractivity contribution in [3.8, 4) is 0 Å². The lowest BCUT2D eigenvalue weighted by Gasteiger charge is -2.47. The number of aliphatic hydroxyl groups excluding tert-OH is 9. The van der Waals surface area contributed by atoms with E-state index in [0.717, 1.165) is 58.3 Å². The molecule has 2 aliphatic heterocycles. The molecule has 0 spiro atoms. The highest BCUT2D eigenvalue weighted by Crippen LogP contribution is 2.30. The Morgan fingerprint density at radius 3 is 1.28 bits per heavy atom. The molecule has 438 valence electrons. The third kappa shape index (κ3) is 28.9. The van der Waals surface area contributed by atoms with Crippen molar-refractivity contribution in [2.24, 2.45) is 0 Å². The Hall–Kier alpha value is -1.58. The fourth-order valence-electron chi connectivity index (χ4n) is 10.3. The van der Waals surface area contributed by atoms with Crippen molar-refractivity contribution in [3.63, 3.8) is 0 Å². The third-order valence-corrected chi connectivity index (χ3v) is 15.2. The van der Waals surface area contributed by atoms with Crippen LogP contribution in [0, 0.1) is 0 Å². The molecule has 0 unspecified atom stereocenters. The summed E-state index contributed by atoms with van der Waals surface area (Å²) >= 11 is 0. The number of hydrogen-bond donors (Lipinski definition) is 11. The number of carbonyl (C=O) groups excluding carboxylic acids is 2. The lowest BCUT2D eigenvalue weighted by atomic mass is 9.95. The summed E-state index contributed by atoms with van der Waals surface area (Å²) in [5, 5.41) is 103. The van der Waals surface area contributed by atoms with Gasteiger partial charge in [-0.2, -0.15) is 0 Å². The van der Waals surface area contributed by atoms with Crippen molar-refractivity contribution in [3.05, 3.63) is 0 Å². The summed E-state index contributed by atoms with van der Waals surface area (Å²) in [5.74, 6) is -1.39. The van der Waals surface area contributed by atoms with Crippen molar-refractivity contribution >= 4 is 11.8 Å². The Balaban J connectivity index is 1.94. The topological polar surface area (TPSA) is 277 Å². The average molecular weight is 1060 g/mol. The second kappa shape index (κ2) is 43.3. The van der Waals surface area contributed by atoms with Crippen LogP contribution in [0.1, 0.15) is 245 Å². The van der Waals surface area contributed by atoms with Gasteiger partial charge in [0.2, 0.25) is 11.8 Å². The first-order valence-electron chi connectivity index (χ1n) is 29.9. The highest BCUT2D eigenvalue weighted by Gasteiger charge is 2.51. The molecule has 0 aliphatic carbocycles. The quantitative estimate of drug-likeness (QED) is 0.0273. The van der Waals surface area contributed by atoms with Gasteiger partial charge in [0.25, 0.3) is 0 Å². The minimum Gasteiger partial charge on any atom is -0.394 e. The molecule has 2 amide bonds. The van der Waals surface area contributed by atoms with E-state index in [9.17, 15) is 55.5 Å². The largest absolute Gasteiger partial charge is 0.394 e. The van der Waals surface area contributed by atoms with Gasteiger partial charge in [0.15, 0.2) is 12.6 Å². The highest BCUT2D eigenvalue weighted by atomic mass is 16.7. The standard InChI is InChI=1S/C57H110N2O15/c1-4-6-8-10-12-14-16-18-20-21-22-24-26-28-30-32-34-36-38-45(64)55(70)59-43(49(65)44(63)37-35-33-31-29-27-25-23-19-17-15-13-11-9-7-5-2)41-71-57-53(69)54(51(67)47(40-61)73-57)74-56-48(58-42(3)62)52(68)50(66)46(39-60)72-56/h43-54,56-57,60-61,63-69H,4-41H2,1-3H3,(H,58,62)(H,59,70)/t43-,44+,45+,46+,47+,48+,49-,50-,51-,52+,53+,54-,56+,57-/m0/s1. The first-order chi connectivity index (χ1) is 35.8. The van der Waals surface area contributed by atoms with Crippen LogP contribution < -0.4 is 10.6 Å². The van der Waals surface area contributed by atoms with Gasteiger partial charge in [0.1, 0.15) is 61.0 Å². The van der Waals surface area contributed by atoms with Crippen LogP contribution >= 0.6 is 0 Å². The zero-order valence-electron chi connectivity index (χ0n) is 46.4. The number of hydrogen-bond acceptors (Lipinski definition) is 15. The molecular weight excluding hydrogens is 953 g/mol. The molecule has 2 saturated heterocycles. The van der Waals surface area contributed by atoms with Crippen LogP contribution in [0.5, 0.6) is 0 Å². The molecule has 11 N–H and O–H groups in total. The summed E-state index contributed by atoms with van der Waals surface area (Å²) in [6.07, 6.45) is 21.2. The van der Waals surface area contributed by atoms with E-state index in [2.05, 4.69) is 24.5 Å². The normalized spacial score (nSPS) is 25.9. The van der Waals surface area contributed by atoms with Crippen molar-refractivity contribution in [2.45, 2.75) is 331 Å². The SMILES string of the molecule is CCCCCCCCCCCCCCCCCCCC[C@@H](O)C(=O)N[C@@H](CO[C@H]1O[C@H](CO)[C@H](O)[C@H](O[C@H]2O[C@H](CO)[C@H](O)[C@H](O)[C@H]2NC(C)=O)[C@H]1O)[C@H](O)[C@H](O)CCCCCCCCCCCCCCCCC. The minimum atomic E-state index is -1.85. The Labute approximate surface area is 446 Å². The summed E-state index contributed by atoms with van der Waals surface area (Å²) in [5.41, 5.74) is 0. The molecule has 17 nitrogen and oxygen atoms in total. The monoisotopic (exact) mass is 1060 g/mol. The maximum atomic E-state index is 13.5. The average Bonchev–Trinajstić information content (AvgIpc) is 3.38. The molecule has 0 saturated carbocycles. The molecule has 2 heterocycles. The molecule has 74 heavy (non-hydrogen) atoms. The van der Waals surface area contributed by atoms with E-state index in [4.69, 9.17) is 18.9 Å². The summed E-state index contributed by atoms with van der Waals surface area (Å²) in [6.45, 7) is 3.57. The maximum Gasteiger partial charge on any atom is 0.249 e. The molecule has 14 atom stereocenters. The van der Waals surface area contributed by atoms with Gasteiger partial charge >= 0.3 is 0 Å². The van der Waals surface area contributed by atoms with Crippen LogP contribution in [0.2, 0.25) is 0 Å². The highest BCUT2D eigenvalue weighted by molar-refractivity contribution is 5.80. The molecular formula is C57H110N2O15. The smallest absolute Gasteiger partial charge is 0.249 e. The van der Waals surface area contributed by atoms with E-state index in [0.29, 0.717) is 12.8 Å². The van der Waals surface area contributed by atoms with E-state index in [1.165, 1.54) is 148 Å². The van der Waals surface area contributed by atoms with E-state index >= 15 is 0 Å². The van der Waals surface area contributed by atoms with Gasteiger partial charge in [-0.05, 0) is 12.8 Å². The number of rotatable bonds is 47. The van der Waals surface area contributed by atoms with E-state index in [1.54, 1.807) is 0 Å². The van der Waals surface area contributed by atoms with E-state index in [1.807, 2.05) is 0 Å². The van der Waals surface area contributed by atoms with E-state index in [-0.39, 0.29) is 12.8 Å². The van der Waals surface area contributed by atoms with Crippen molar-refractivity contribution < 1.29 is 74.5 Å². The molecule has 17 heteroatoms. The fraction of sp³-hybridized carbons (Fsp3) is 0.965. The fourth-order valence-corrected chi connectivity index (χ4v) is 10.3. The number of aliphatic hydroxyl groups is 9. The maximum absolute atomic E-state index is 13.5. The molecule has 2 fully saturated rings. The second-order valence-electron chi connectivity index (χ2n) is 21.8. The van der Waals surface area contributed by atoms with Crippen LogP contribution in [-0.4, -0.2) is 163 Å². The van der Waals surface area contributed by atoms with Crippen molar-refractivity contribution in [2.75, 3.05) is 19.8 Å². The van der Waals surface area contributed by atoms with Gasteiger partial charge in [-0.25, -0.2) is 0 Å². The van der Waals surface area contributed by atoms with Gasteiger partial charge in [0.05, 0.1) is 32.0 Å². The van der Waals surface area contributed by atoms with Gasteiger partial charge in [-0.15, -0.1) is 0 Å². The molecule has 0 aromatic carbocycles. The number of ether oxygens (including phenoxy) is 4. The Kier molecular flexibility index (Phi) is 40.1. The number of unbranched alkanes of at least 4 members (excludes halogenated alkanes) is 31. The summed E-state index contributed by atoms with van der Waals surface area (Å²) < 4.78 is 23.2. The Morgan fingerprint density at radius 1 is 0.500 bits per heavy atom. The number of carbonyl (C=O) groups is 2. The summed E-state index contributed by atoms with van der Waals surface area (Å²) in [6, 6.07) is -2.72. The van der Waals surface area contributed by atoms with Gasteiger partial charge < -0.3 is 75.5 Å². The van der Waals surface area contributed by atoms with Gasteiger partial charge in [-0.1, -0.05) is 226 Å². The lowest BCUT2D eigenvalue weighted by Crippen LogP contribution is -2.68. The summed E-state index contributed by atoms with van der Waals surface area (Å²) in [7, 11) is 0. The van der Waals surface area contributed by atoms with Crippen LogP contribution in [0.3, 0.4) is 0 Å². The predicted molar refractivity (Wildman–Crippen MR) is 287 cm³/mol. The Bertz CT molecular complexity index is 1350. The van der Waals surface area contributed by atoms with E-state index < -0.39 is 117 Å². The predicted octanol–water partition coefficient (Wildman–Crippen LogP) is 7.03. The third-order valence-electron chi connectivity index (χ3n) is 15.2. The second-order valence-corrected chi connectivity index (χ2v) is 21.8. The minimum absolute atomic E-state index is 0.195. The number of nitrogens with one attached hydrogen (secondary N) is 2. The number of amides is 2. The van der Waals surface area contributed by atoms with Crippen molar-refractivity contribution in [1.29, 1.82) is 0 Å². The zero-order chi connectivity index (χ0) is 54.4. The molecule has 2 aliphatic rings. The first kappa shape index (κ1) is 68.5. The van der Waals surface area contributed by atoms with Crippen LogP contribution in [0.4, 0.5) is 0 Å². The lowest BCUT2D eigenvalue weighted by molar-refractivity contribution is -0.348. The molecule has 0 aromatic rings. The van der Waals surface area contributed by atoms with Crippen molar-refractivity contribution in [1.82, 2.24) is 10.6 Å². The molecule has 0 bridgehead atoms. The molecule has 0 aromatic heterocycles. The molecule has 2 rings (SSSR count). The zero-order valence-corrected chi connectivity index (χ0v) is 46.4.